The molecule has 0 aliphatic carbocycles. The summed E-state index contributed by atoms with van der Waals surface area (Å²) < 4.78 is 0. The highest BCUT2D eigenvalue weighted by atomic mass is 16.1. The molecule has 0 heterocycles. The zero-order valence-electron chi connectivity index (χ0n) is 10.7. The van der Waals surface area contributed by atoms with Crippen LogP contribution >= 0.6 is 0 Å². The van der Waals surface area contributed by atoms with Crippen LogP contribution in [0.3, 0.4) is 0 Å². The van der Waals surface area contributed by atoms with Crippen molar-refractivity contribution >= 4 is 5.91 Å². The lowest BCUT2D eigenvalue weighted by atomic mass is 9.93. The van der Waals surface area contributed by atoms with Gasteiger partial charge in [-0.05, 0) is 32.7 Å². The van der Waals surface area contributed by atoms with Crippen LogP contribution in [0, 0.1) is 0 Å². The van der Waals surface area contributed by atoms with Crippen molar-refractivity contribution in [3.63, 3.8) is 0 Å². The fourth-order valence-electron chi connectivity index (χ4n) is 1.68. The highest BCUT2D eigenvalue weighted by molar-refractivity contribution is 5.72. The Morgan fingerprint density at radius 3 is 2.40 bits per heavy atom. The summed E-state index contributed by atoms with van der Waals surface area (Å²) >= 11 is 0. The Balaban J connectivity index is 3.58. The van der Waals surface area contributed by atoms with Gasteiger partial charge in [0.25, 0.3) is 0 Å². The highest BCUT2D eigenvalue weighted by Crippen LogP contribution is 2.15. The van der Waals surface area contributed by atoms with Gasteiger partial charge in [0.2, 0.25) is 5.91 Å². The van der Waals surface area contributed by atoms with Crippen LogP contribution in [0.1, 0.15) is 53.4 Å². The zero-order valence-corrected chi connectivity index (χ0v) is 10.7. The molecule has 0 radical (unpaired) electrons. The van der Waals surface area contributed by atoms with E-state index in [4.69, 9.17) is 0 Å². The van der Waals surface area contributed by atoms with Crippen LogP contribution in [-0.4, -0.2) is 24.5 Å². The molecule has 15 heavy (non-hydrogen) atoms. The van der Waals surface area contributed by atoms with Crippen molar-refractivity contribution < 1.29 is 4.79 Å². The molecule has 2 N–H and O–H groups in total. The van der Waals surface area contributed by atoms with Crippen LogP contribution in [0.25, 0.3) is 0 Å². The topological polar surface area (TPSA) is 41.1 Å². The molecule has 0 saturated carbocycles. The van der Waals surface area contributed by atoms with Crippen LogP contribution < -0.4 is 10.6 Å². The van der Waals surface area contributed by atoms with Crippen LogP contribution in [0.2, 0.25) is 0 Å². The van der Waals surface area contributed by atoms with E-state index >= 15 is 0 Å². The molecule has 0 aromatic rings. The predicted molar refractivity (Wildman–Crippen MR) is 64.9 cm³/mol. The molecule has 0 spiro atoms. The third-order valence-electron chi connectivity index (χ3n) is 2.86. The van der Waals surface area contributed by atoms with Gasteiger partial charge in [-0.25, -0.2) is 0 Å². The third kappa shape index (κ3) is 7.37. The standard InChI is InChI=1S/C12H26N2O/c1-5-8-12(4,6-2)14-10-7-9-13-11(3)15/h14H,5-10H2,1-4H3,(H,13,15). The van der Waals surface area contributed by atoms with Gasteiger partial charge in [0.1, 0.15) is 0 Å². The van der Waals surface area contributed by atoms with Crippen molar-refractivity contribution in [1.82, 2.24) is 10.6 Å². The molecule has 3 nitrogen and oxygen atoms in total. The Hall–Kier alpha value is -0.570. The molecule has 0 fully saturated rings. The summed E-state index contributed by atoms with van der Waals surface area (Å²) in [7, 11) is 0. The van der Waals surface area contributed by atoms with Gasteiger partial charge in [0.05, 0.1) is 0 Å². The van der Waals surface area contributed by atoms with E-state index in [9.17, 15) is 4.79 Å². The van der Waals surface area contributed by atoms with Gasteiger partial charge in [-0.3, -0.25) is 4.79 Å². The molecule has 0 aliphatic rings. The molecule has 0 aromatic carbocycles. The molecular weight excluding hydrogens is 188 g/mol. The fraction of sp³-hybridized carbons (Fsp3) is 0.917. The third-order valence-corrected chi connectivity index (χ3v) is 2.86. The Bertz CT molecular complexity index is 182. The minimum Gasteiger partial charge on any atom is -0.356 e. The number of rotatable bonds is 8. The first-order valence-corrected chi connectivity index (χ1v) is 6.03. The lowest BCUT2D eigenvalue weighted by molar-refractivity contribution is -0.118. The number of hydrogen-bond acceptors (Lipinski definition) is 2. The first-order valence-electron chi connectivity index (χ1n) is 6.03. The second-order valence-corrected chi connectivity index (χ2v) is 4.43. The summed E-state index contributed by atoms with van der Waals surface area (Å²) in [6.07, 6.45) is 4.58. The largest absolute Gasteiger partial charge is 0.356 e. The molecule has 3 heteroatoms. The monoisotopic (exact) mass is 214 g/mol. The van der Waals surface area contributed by atoms with E-state index in [1.807, 2.05) is 0 Å². The molecule has 0 aromatic heterocycles. The van der Waals surface area contributed by atoms with E-state index in [0.29, 0.717) is 0 Å². The molecule has 1 unspecified atom stereocenters. The van der Waals surface area contributed by atoms with E-state index in [1.165, 1.54) is 12.8 Å². The number of amides is 1. The van der Waals surface area contributed by atoms with Crippen molar-refractivity contribution in [3.05, 3.63) is 0 Å². The van der Waals surface area contributed by atoms with Crippen LogP contribution in [0.4, 0.5) is 0 Å². The molecule has 1 amide bonds. The summed E-state index contributed by atoms with van der Waals surface area (Å²) in [4.78, 5) is 10.6. The predicted octanol–water partition coefficient (Wildman–Crippen LogP) is 2.07. The molecule has 0 saturated heterocycles. The van der Waals surface area contributed by atoms with Crippen molar-refractivity contribution in [2.45, 2.75) is 58.9 Å². The SMILES string of the molecule is CCCC(C)(CC)NCCCNC(C)=O. The average molecular weight is 214 g/mol. The first kappa shape index (κ1) is 14.4. The van der Waals surface area contributed by atoms with Gasteiger partial charge in [-0.15, -0.1) is 0 Å². The average Bonchev–Trinajstić information content (AvgIpc) is 2.17. The van der Waals surface area contributed by atoms with E-state index in [-0.39, 0.29) is 11.4 Å². The van der Waals surface area contributed by atoms with Crippen molar-refractivity contribution in [3.8, 4) is 0 Å². The fourth-order valence-corrected chi connectivity index (χ4v) is 1.68. The van der Waals surface area contributed by atoms with E-state index in [0.717, 1.165) is 25.9 Å². The number of carbonyl (C=O) groups is 1. The first-order chi connectivity index (χ1) is 7.04. The quantitative estimate of drug-likeness (QED) is 0.607. The maximum Gasteiger partial charge on any atom is 0.216 e. The van der Waals surface area contributed by atoms with Gasteiger partial charge in [-0.2, -0.15) is 0 Å². The second-order valence-electron chi connectivity index (χ2n) is 4.43. The number of nitrogens with one attached hydrogen (secondary N) is 2. The molecule has 1 atom stereocenters. The smallest absolute Gasteiger partial charge is 0.216 e. The summed E-state index contributed by atoms with van der Waals surface area (Å²) in [5.41, 5.74) is 0.269. The molecular formula is C12H26N2O. The van der Waals surface area contributed by atoms with Gasteiger partial charge >= 0.3 is 0 Å². The van der Waals surface area contributed by atoms with Crippen molar-refractivity contribution in [2.24, 2.45) is 0 Å². The molecule has 0 aliphatic heterocycles. The maximum atomic E-state index is 10.6. The van der Waals surface area contributed by atoms with E-state index < -0.39 is 0 Å². The number of carbonyl (C=O) groups excluding carboxylic acids is 1. The van der Waals surface area contributed by atoms with Gasteiger partial charge in [0, 0.05) is 19.0 Å². The summed E-state index contributed by atoms with van der Waals surface area (Å²) in [6.45, 7) is 10.0. The number of hydrogen-bond donors (Lipinski definition) is 2. The van der Waals surface area contributed by atoms with Crippen molar-refractivity contribution in [1.29, 1.82) is 0 Å². The lowest BCUT2D eigenvalue weighted by Gasteiger charge is -2.29. The van der Waals surface area contributed by atoms with Gasteiger partial charge < -0.3 is 10.6 Å². The molecule has 0 bridgehead atoms. The van der Waals surface area contributed by atoms with Crippen LogP contribution in [0.5, 0.6) is 0 Å². The van der Waals surface area contributed by atoms with E-state index in [2.05, 4.69) is 31.4 Å². The summed E-state index contributed by atoms with van der Waals surface area (Å²) in [5.74, 6) is 0.0572. The minimum absolute atomic E-state index is 0.0572. The van der Waals surface area contributed by atoms with Gasteiger partial charge in [-0.1, -0.05) is 20.3 Å². The maximum absolute atomic E-state index is 10.6. The molecule has 90 valence electrons. The minimum atomic E-state index is 0.0572. The normalized spacial score (nSPS) is 14.7. The Morgan fingerprint density at radius 2 is 1.93 bits per heavy atom. The zero-order chi connectivity index (χ0) is 11.7. The Morgan fingerprint density at radius 1 is 1.27 bits per heavy atom. The van der Waals surface area contributed by atoms with Crippen molar-refractivity contribution in [2.75, 3.05) is 13.1 Å². The summed E-state index contributed by atoms with van der Waals surface area (Å²) in [5, 5.41) is 6.37. The van der Waals surface area contributed by atoms with Crippen LogP contribution in [0.15, 0.2) is 0 Å². The molecule has 0 rings (SSSR count). The lowest BCUT2D eigenvalue weighted by Crippen LogP contribution is -2.42. The van der Waals surface area contributed by atoms with Gasteiger partial charge in [0.15, 0.2) is 0 Å². The Labute approximate surface area is 94.0 Å². The Kier molecular flexibility index (Phi) is 7.39. The van der Waals surface area contributed by atoms with Crippen LogP contribution in [-0.2, 0) is 4.79 Å². The van der Waals surface area contributed by atoms with E-state index in [1.54, 1.807) is 6.92 Å². The summed E-state index contributed by atoms with van der Waals surface area (Å²) in [6, 6.07) is 0. The second kappa shape index (κ2) is 7.69. The highest BCUT2D eigenvalue weighted by Gasteiger charge is 2.18.